The average molecular weight is 404 g/mol. The van der Waals surface area contributed by atoms with Crippen LogP contribution in [-0.4, -0.2) is 33.5 Å². The van der Waals surface area contributed by atoms with Crippen LogP contribution in [0.25, 0.3) is 16.5 Å². The maximum atomic E-state index is 11.7. The Labute approximate surface area is 172 Å². The zero-order valence-electron chi connectivity index (χ0n) is 15.9. The smallest absolute Gasteiger partial charge is 0.230 e. The van der Waals surface area contributed by atoms with Gasteiger partial charge in [0.15, 0.2) is 11.0 Å². The largest absolute Gasteiger partial charge is 0.485 e. The number of hydrogen-bond donors (Lipinski definition) is 1. The molecule has 0 bridgehead atoms. The SMILES string of the molecule is CNC(=O)CSc1nnc(COc2cccc3ccccc23)n1-c1ccccc1. The molecule has 0 saturated carbocycles. The first kappa shape index (κ1) is 19.0. The van der Waals surface area contributed by atoms with Gasteiger partial charge < -0.3 is 10.1 Å². The highest BCUT2D eigenvalue weighted by Gasteiger charge is 2.16. The highest BCUT2D eigenvalue weighted by atomic mass is 32.2. The molecule has 0 atom stereocenters. The Kier molecular flexibility index (Phi) is 5.76. The second-order valence-corrected chi connectivity index (χ2v) is 7.24. The van der Waals surface area contributed by atoms with Crippen molar-refractivity contribution in [1.82, 2.24) is 20.1 Å². The number of carbonyl (C=O) groups excluding carboxylic acids is 1. The van der Waals surface area contributed by atoms with Crippen molar-refractivity contribution in [2.45, 2.75) is 11.8 Å². The summed E-state index contributed by atoms with van der Waals surface area (Å²) in [6, 6.07) is 23.9. The van der Waals surface area contributed by atoms with Crippen molar-refractivity contribution in [3.05, 3.63) is 78.6 Å². The van der Waals surface area contributed by atoms with Gasteiger partial charge in [0.2, 0.25) is 5.91 Å². The first-order valence-corrected chi connectivity index (χ1v) is 10.2. The number of thioether (sulfide) groups is 1. The minimum Gasteiger partial charge on any atom is -0.485 e. The van der Waals surface area contributed by atoms with Gasteiger partial charge in [-0.1, -0.05) is 66.4 Å². The topological polar surface area (TPSA) is 69.0 Å². The number of benzene rings is 3. The van der Waals surface area contributed by atoms with Gasteiger partial charge in [-0.15, -0.1) is 10.2 Å². The Hall–Kier alpha value is -3.32. The fourth-order valence-electron chi connectivity index (χ4n) is 2.99. The first-order valence-electron chi connectivity index (χ1n) is 9.20. The van der Waals surface area contributed by atoms with E-state index in [1.807, 2.05) is 65.2 Å². The number of nitrogens with one attached hydrogen (secondary N) is 1. The second kappa shape index (κ2) is 8.79. The summed E-state index contributed by atoms with van der Waals surface area (Å²) in [5, 5.41) is 14.1. The van der Waals surface area contributed by atoms with Crippen molar-refractivity contribution in [1.29, 1.82) is 0 Å². The molecule has 0 fully saturated rings. The summed E-state index contributed by atoms with van der Waals surface area (Å²) in [4.78, 5) is 11.7. The first-order chi connectivity index (χ1) is 14.3. The Morgan fingerprint density at radius 3 is 2.59 bits per heavy atom. The molecule has 29 heavy (non-hydrogen) atoms. The molecule has 0 radical (unpaired) electrons. The molecule has 7 heteroatoms. The van der Waals surface area contributed by atoms with Gasteiger partial charge in [-0.05, 0) is 23.6 Å². The van der Waals surface area contributed by atoms with Crippen LogP contribution in [0, 0.1) is 0 Å². The average Bonchev–Trinajstić information content (AvgIpc) is 3.19. The monoisotopic (exact) mass is 404 g/mol. The van der Waals surface area contributed by atoms with Crippen LogP contribution in [0.3, 0.4) is 0 Å². The van der Waals surface area contributed by atoms with E-state index < -0.39 is 0 Å². The number of hydrogen-bond acceptors (Lipinski definition) is 5. The third kappa shape index (κ3) is 4.25. The van der Waals surface area contributed by atoms with Crippen LogP contribution < -0.4 is 10.1 Å². The van der Waals surface area contributed by atoms with Crippen LogP contribution in [0.1, 0.15) is 5.82 Å². The predicted molar refractivity (Wildman–Crippen MR) is 114 cm³/mol. The lowest BCUT2D eigenvalue weighted by Gasteiger charge is -2.12. The molecule has 1 amide bonds. The molecule has 1 N–H and O–H groups in total. The van der Waals surface area contributed by atoms with E-state index in [9.17, 15) is 4.79 Å². The highest BCUT2D eigenvalue weighted by molar-refractivity contribution is 7.99. The second-order valence-electron chi connectivity index (χ2n) is 6.30. The van der Waals surface area contributed by atoms with Crippen molar-refractivity contribution in [2.24, 2.45) is 0 Å². The van der Waals surface area contributed by atoms with E-state index in [0.29, 0.717) is 11.0 Å². The summed E-state index contributed by atoms with van der Waals surface area (Å²) >= 11 is 1.34. The van der Waals surface area contributed by atoms with E-state index in [2.05, 4.69) is 27.6 Å². The number of ether oxygens (including phenoxy) is 1. The van der Waals surface area contributed by atoms with E-state index in [1.54, 1.807) is 7.05 Å². The lowest BCUT2D eigenvalue weighted by molar-refractivity contribution is -0.118. The number of fused-ring (bicyclic) bond motifs is 1. The summed E-state index contributed by atoms with van der Waals surface area (Å²) in [5.41, 5.74) is 0.924. The Balaban J connectivity index is 1.63. The van der Waals surface area contributed by atoms with Crippen molar-refractivity contribution in [2.75, 3.05) is 12.8 Å². The predicted octanol–water partition coefficient (Wildman–Crippen LogP) is 3.84. The molecule has 0 spiro atoms. The number of rotatable bonds is 7. The van der Waals surface area contributed by atoms with Crippen LogP contribution >= 0.6 is 11.8 Å². The fourth-order valence-corrected chi connectivity index (χ4v) is 3.83. The van der Waals surface area contributed by atoms with Crippen LogP contribution in [-0.2, 0) is 11.4 Å². The number of amides is 1. The lowest BCUT2D eigenvalue weighted by atomic mass is 10.1. The van der Waals surface area contributed by atoms with Gasteiger partial charge in [0.1, 0.15) is 12.4 Å². The third-order valence-electron chi connectivity index (χ3n) is 4.43. The molecular weight excluding hydrogens is 384 g/mol. The van der Waals surface area contributed by atoms with Crippen LogP contribution in [0.2, 0.25) is 0 Å². The number of nitrogens with zero attached hydrogens (tertiary/aromatic N) is 3. The highest BCUT2D eigenvalue weighted by Crippen LogP contribution is 2.27. The Morgan fingerprint density at radius 1 is 1.00 bits per heavy atom. The summed E-state index contributed by atoms with van der Waals surface area (Å²) in [7, 11) is 1.62. The van der Waals surface area contributed by atoms with E-state index >= 15 is 0 Å². The van der Waals surface area contributed by atoms with Crippen LogP contribution in [0.4, 0.5) is 0 Å². The molecule has 6 nitrogen and oxygen atoms in total. The third-order valence-corrected chi connectivity index (χ3v) is 5.36. The van der Waals surface area contributed by atoms with E-state index in [1.165, 1.54) is 11.8 Å². The molecule has 0 unspecified atom stereocenters. The zero-order chi connectivity index (χ0) is 20.1. The molecule has 0 aliphatic carbocycles. The van der Waals surface area contributed by atoms with Gasteiger partial charge in [0.25, 0.3) is 0 Å². The van der Waals surface area contributed by atoms with Crippen molar-refractivity contribution < 1.29 is 9.53 Å². The van der Waals surface area contributed by atoms with Crippen molar-refractivity contribution in [3.63, 3.8) is 0 Å². The number of carbonyl (C=O) groups is 1. The summed E-state index contributed by atoms with van der Waals surface area (Å²) in [6.45, 7) is 0.260. The van der Waals surface area contributed by atoms with Gasteiger partial charge >= 0.3 is 0 Å². The number of aromatic nitrogens is 3. The van der Waals surface area contributed by atoms with E-state index in [-0.39, 0.29) is 18.3 Å². The van der Waals surface area contributed by atoms with E-state index in [4.69, 9.17) is 4.74 Å². The number of para-hydroxylation sites is 1. The van der Waals surface area contributed by atoms with Crippen LogP contribution in [0.15, 0.2) is 78.0 Å². The summed E-state index contributed by atoms with van der Waals surface area (Å²) in [6.07, 6.45) is 0. The van der Waals surface area contributed by atoms with Crippen molar-refractivity contribution >= 4 is 28.4 Å². The zero-order valence-corrected chi connectivity index (χ0v) is 16.7. The summed E-state index contributed by atoms with van der Waals surface area (Å²) in [5.74, 6) is 1.67. The summed E-state index contributed by atoms with van der Waals surface area (Å²) < 4.78 is 8.05. The quantitative estimate of drug-likeness (QED) is 0.474. The van der Waals surface area contributed by atoms with Gasteiger partial charge in [-0.25, -0.2) is 0 Å². The van der Waals surface area contributed by atoms with E-state index in [0.717, 1.165) is 22.2 Å². The Bertz CT molecular complexity index is 1120. The maximum Gasteiger partial charge on any atom is 0.230 e. The molecule has 3 aromatic carbocycles. The minimum absolute atomic E-state index is 0.0637. The molecule has 4 rings (SSSR count). The molecular formula is C22H20N4O2S. The minimum atomic E-state index is -0.0637. The molecule has 0 aliphatic rings. The molecule has 146 valence electrons. The lowest BCUT2D eigenvalue weighted by Crippen LogP contribution is -2.20. The van der Waals surface area contributed by atoms with Gasteiger partial charge in [-0.3, -0.25) is 9.36 Å². The normalized spacial score (nSPS) is 10.8. The van der Waals surface area contributed by atoms with Crippen molar-refractivity contribution in [3.8, 4) is 11.4 Å². The van der Waals surface area contributed by atoms with Gasteiger partial charge in [0, 0.05) is 18.1 Å². The standard InChI is InChI=1S/C22H20N4O2S/c1-23-21(27)15-29-22-25-24-20(26(22)17-10-3-2-4-11-17)14-28-19-13-7-9-16-8-5-6-12-18(16)19/h2-13H,14-15H2,1H3,(H,23,27). The molecule has 1 heterocycles. The maximum absolute atomic E-state index is 11.7. The molecule has 1 aromatic heterocycles. The molecule has 0 saturated heterocycles. The molecule has 0 aliphatic heterocycles. The molecule has 4 aromatic rings. The fraction of sp³-hybridized carbons (Fsp3) is 0.136. The van der Waals surface area contributed by atoms with Gasteiger partial charge in [0.05, 0.1) is 5.75 Å². The van der Waals surface area contributed by atoms with Gasteiger partial charge in [-0.2, -0.15) is 0 Å². The van der Waals surface area contributed by atoms with Crippen LogP contribution in [0.5, 0.6) is 5.75 Å². The Morgan fingerprint density at radius 2 is 1.76 bits per heavy atom.